The summed E-state index contributed by atoms with van der Waals surface area (Å²) < 4.78 is 0. The predicted molar refractivity (Wildman–Crippen MR) is 84.5 cm³/mol. The molecule has 21 heavy (non-hydrogen) atoms. The summed E-state index contributed by atoms with van der Waals surface area (Å²) in [7, 11) is 0. The zero-order valence-corrected chi connectivity index (χ0v) is 13.1. The number of aliphatic hydroxyl groups excluding tert-OH is 1. The zero-order chi connectivity index (χ0) is 15.1. The molecule has 1 aromatic rings. The Balaban J connectivity index is 1.77. The van der Waals surface area contributed by atoms with Gasteiger partial charge in [0.2, 0.25) is 5.95 Å². The summed E-state index contributed by atoms with van der Waals surface area (Å²) in [6.45, 7) is 10.2. The van der Waals surface area contributed by atoms with Gasteiger partial charge in [-0.2, -0.15) is 0 Å². The summed E-state index contributed by atoms with van der Waals surface area (Å²) >= 11 is 0. The Kier molecular flexibility index (Phi) is 5.90. The van der Waals surface area contributed by atoms with E-state index < -0.39 is 0 Å². The van der Waals surface area contributed by atoms with Crippen LogP contribution in [0.1, 0.15) is 20.3 Å². The third-order valence-electron chi connectivity index (χ3n) is 4.14. The lowest BCUT2D eigenvalue weighted by Gasteiger charge is -2.37. The number of rotatable bonds is 7. The average molecular weight is 293 g/mol. The largest absolute Gasteiger partial charge is 0.394 e. The minimum atomic E-state index is -0.172. The highest BCUT2D eigenvalue weighted by atomic mass is 16.3. The topological polar surface area (TPSA) is 64.5 Å². The summed E-state index contributed by atoms with van der Waals surface area (Å²) in [6.07, 6.45) is 4.54. The van der Waals surface area contributed by atoms with Crippen molar-refractivity contribution in [2.75, 3.05) is 50.8 Å². The van der Waals surface area contributed by atoms with Crippen LogP contribution in [0, 0.1) is 0 Å². The van der Waals surface area contributed by atoms with Gasteiger partial charge in [0.15, 0.2) is 0 Å². The van der Waals surface area contributed by atoms with Gasteiger partial charge in [-0.25, -0.2) is 9.97 Å². The van der Waals surface area contributed by atoms with Gasteiger partial charge < -0.3 is 15.3 Å². The number of anilines is 1. The van der Waals surface area contributed by atoms with E-state index >= 15 is 0 Å². The first-order valence-electron chi connectivity index (χ1n) is 7.77. The first-order valence-corrected chi connectivity index (χ1v) is 7.77. The number of hydrogen-bond donors (Lipinski definition) is 2. The van der Waals surface area contributed by atoms with Crippen LogP contribution in [0.25, 0.3) is 0 Å². The number of aliphatic hydroxyl groups is 1. The van der Waals surface area contributed by atoms with Crippen LogP contribution in [-0.4, -0.2) is 71.4 Å². The molecular formula is C15H27N5O. The fourth-order valence-corrected chi connectivity index (χ4v) is 2.68. The van der Waals surface area contributed by atoms with Crippen LogP contribution in [0.2, 0.25) is 0 Å². The number of nitrogens with one attached hydrogen (secondary N) is 1. The smallest absolute Gasteiger partial charge is 0.225 e. The highest BCUT2D eigenvalue weighted by molar-refractivity contribution is 5.29. The van der Waals surface area contributed by atoms with Crippen molar-refractivity contribution < 1.29 is 5.11 Å². The summed E-state index contributed by atoms with van der Waals surface area (Å²) in [5.41, 5.74) is -0.172. The normalized spacial score (nSPS) is 19.5. The minimum Gasteiger partial charge on any atom is -0.394 e. The fraction of sp³-hybridized carbons (Fsp3) is 0.733. The van der Waals surface area contributed by atoms with Gasteiger partial charge in [-0.15, -0.1) is 0 Å². The number of nitrogens with zero attached hydrogens (tertiary/aromatic N) is 4. The van der Waals surface area contributed by atoms with Gasteiger partial charge in [0.05, 0.1) is 6.61 Å². The molecule has 1 unspecified atom stereocenters. The second-order valence-corrected chi connectivity index (χ2v) is 5.88. The molecule has 0 spiro atoms. The molecule has 0 radical (unpaired) electrons. The van der Waals surface area contributed by atoms with Crippen LogP contribution in [-0.2, 0) is 0 Å². The van der Waals surface area contributed by atoms with Gasteiger partial charge >= 0.3 is 0 Å². The Morgan fingerprint density at radius 2 is 1.90 bits per heavy atom. The molecule has 118 valence electrons. The van der Waals surface area contributed by atoms with E-state index in [9.17, 15) is 5.11 Å². The van der Waals surface area contributed by atoms with E-state index in [1.54, 1.807) is 12.4 Å². The van der Waals surface area contributed by atoms with E-state index in [2.05, 4.69) is 38.9 Å². The van der Waals surface area contributed by atoms with Gasteiger partial charge in [-0.1, -0.05) is 6.92 Å². The van der Waals surface area contributed by atoms with Crippen LogP contribution < -0.4 is 10.2 Å². The Morgan fingerprint density at radius 1 is 1.24 bits per heavy atom. The lowest BCUT2D eigenvalue weighted by molar-refractivity contribution is 0.144. The van der Waals surface area contributed by atoms with Crippen LogP contribution in [0.4, 0.5) is 5.95 Å². The first kappa shape index (κ1) is 16.1. The molecule has 6 heteroatoms. The molecule has 2 N–H and O–H groups in total. The van der Waals surface area contributed by atoms with Crippen molar-refractivity contribution in [3.05, 3.63) is 18.5 Å². The molecule has 2 rings (SSSR count). The molecular weight excluding hydrogens is 266 g/mol. The van der Waals surface area contributed by atoms with Crippen molar-refractivity contribution in [2.45, 2.75) is 25.8 Å². The fourth-order valence-electron chi connectivity index (χ4n) is 2.68. The van der Waals surface area contributed by atoms with Gasteiger partial charge in [0, 0.05) is 50.7 Å². The highest BCUT2D eigenvalue weighted by Gasteiger charge is 2.24. The highest BCUT2D eigenvalue weighted by Crippen LogP contribution is 2.13. The molecule has 0 saturated carbocycles. The van der Waals surface area contributed by atoms with Crippen LogP contribution in [0.5, 0.6) is 0 Å². The third kappa shape index (κ3) is 4.62. The van der Waals surface area contributed by atoms with Crippen molar-refractivity contribution in [1.29, 1.82) is 0 Å². The summed E-state index contributed by atoms with van der Waals surface area (Å²) in [4.78, 5) is 13.3. The number of piperazine rings is 1. The van der Waals surface area contributed by atoms with Crippen molar-refractivity contribution in [3.63, 3.8) is 0 Å². The predicted octanol–water partition coefficient (Wildman–Crippen LogP) is 0.349. The molecule has 1 aromatic heterocycles. The van der Waals surface area contributed by atoms with E-state index in [0.717, 1.165) is 51.6 Å². The third-order valence-corrected chi connectivity index (χ3v) is 4.14. The van der Waals surface area contributed by atoms with Crippen molar-refractivity contribution in [1.82, 2.24) is 20.2 Å². The van der Waals surface area contributed by atoms with E-state index in [4.69, 9.17) is 0 Å². The van der Waals surface area contributed by atoms with Crippen molar-refractivity contribution in [2.24, 2.45) is 0 Å². The van der Waals surface area contributed by atoms with Gasteiger partial charge in [0.1, 0.15) is 0 Å². The molecule has 1 saturated heterocycles. The Morgan fingerprint density at radius 3 is 2.48 bits per heavy atom. The molecule has 0 aromatic carbocycles. The van der Waals surface area contributed by atoms with E-state index in [-0.39, 0.29) is 12.1 Å². The minimum absolute atomic E-state index is 0.172. The number of aromatic nitrogens is 2. The van der Waals surface area contributed by atoms with Crippen LogP contribution >= 0.6 is 0 Å². The molecule has 0 bridgehead atoms. The van der Waals surface area contributed by atoms with Crippen molar-refractivity contribution >= 4 is 5.95 Å². The van der Waals surface area contributed by atoms with Crippen molar-refractivity contribution in [3.8, 4) is 0 Å². The molecule has 0 aliphatic carbocycles. The van der Waals surface area contributed by atoms with Crippen LogP contribution in [0.3, 0.4) is 0 Å². The molecule has 1 fully saturated rings. The molecule has 0 amide bonds. The first-order chi connectivity index (χ1) is 10.2. The quantitative estimate of drug-likeness (QED) is 0.756. The van der Waals surface area contributed by atoms with Gasteiger partial charge in [0.25, 0.3) is 0 Å². The number of hydrogen-bond acceptors (Lipinski definition) is 6. The SMILES string of the molecule is CCNC(C)(CO)CCN1CCN(c2ncccn2)CC1. The van der Waals surface area contributed by atoms with Gasteiger partial charge in [-0.3, -0.25) is 4.90 Å². The maximum atomic E-state index is 9.53. The van der Waals surface area contributed by atoms with E-state index in [0.29, 0.717) is 0 Å². The molecule has 6 nitrogen and oxygen atoms in total. The summed E-state index contributed by atoms with van der Waals surface area (Å²) in [5, 5.41) is 12.9. The molecule has 1 atom stereocenters. The molecule has 1 aliphatic heterocycles. The second-order valence-electron chi connectivity index (χ2n) is 5.88. The summed E-state index contributed by atoms with van der Waals surface area (Å²) in [5.74, 6) is 0.824. The van der Waals surface area contributed by atoms with E-state index in [1.165, 1.54) is 0 Å². The average Bonchev–Trinajstić information content (AvgIpc) is 2.55. The van der Waals surface area contributed by atoms with Crippen LogP contribution in [0.15, 0.2) is 18.5 Å². The van der Waals surface area contributed by atoms with E-state index in [1.807, 2.05) is 6.07 Å². The lowest BCUT2D eigenvalue weighted by atomic mass is 9.98. The van der Waals surface area contributed by atoms with Gasteiger partial charge in [-0.05, 0) is 26.0 Å². The zero-order valence-electron chi connectivity index (χ0n) is 13.1. The lowest BCUT2D eigenvalue weighted by Crippen LogP contribution is -2.51. The number of likely N-dealkylation sites (N-methyl/N-ethyl adjacent to an activating group) is 1. The molecule has 2 heterocycles. The monoisotopic (exact) mass is 293 g/mol. The second kappa shape index (κ2) is 7.68. The maximum Gasteiger partial charge on any atom is 0.225 e. The Hall–Kier alpha value is -1.24. The Bertz CT molecular complexity index is 408. The Labute approximate surface area is 127 Å². The maximum absolute atomic E-state index is 9.53. The summed E-state index contributed by atoms with van der Waals surface area (Å²) in [6, 6.07) is 1.84. The standard InChI is InChI=1S/C15H27N5O/c1-3-18-15(2,13-21)5-8-19-9-11-20(12-10-19)14-16-6-4-7-17-14/h4,6-7,18,21H,3,5,8-13H2,1-2H3. The molecule has 1 aliphatic rings.